The van der Waals surface area contributed by atoms with Gasteiger partial charge in [0.15, 0.2) is 0 Å². The molecule has 38 heavy (non-hydrogen) atoms. The summed E-state index contributed by atoms with van der Waals surface area (Å²) in [7, 11) is 1.65. The minimum Gasteiger partial charge on any atom is -0.497 e. The maximum absolute atomic E-state index is 12.6. The van der Waals surface area contributed by atoms with Gasteiger partial charge in [-0.2, -0.15) is 0 Å². The van der Waals surface area contributed by atoms with Crippen molar-refractivity contribution < 1.29 is 34.1 Å². The van der Waals surface area contributed by atoms with Gasteiger partial charge in [-0.05, 0) is 97.8 Å². The normalized spacial score (nSPS) is 10.8. The van der Waals surface area contributed by atoms with Gasteiger partial charge in [0.05, 0.1) is 18.9 Å². The smallest absolute Gasteiger partial charge is 0.335 e. The average Bonchev–Trinajstić information content (AvgIpc) is 2.92. The summed E-state index contributed by atoms with van der Waals surface area (Å²) >= 11 is 0. The van der Waals surface area contributed by atoms with Crippen LogP contribution in [0.4, 0.5) is 5.69 Å². The Balaban J connectivity index is 1.56. The van der Waals surface area contributed by atoms with Crippen molar-refractivity contribution in [2.24, 2.45) is 0 Å². The highest BCUT2D eigenvalue weighted by atomic mass is 16.5. The molecule has 0 fully saturated rings. The van der Waals surface area contributed by atoms with Crippen LogP contribution in [0.5, 0.6) is 11.5 Å². The Labute approximate surface area is 221 Å². The first kappa shape index (κ1) is 28.0. The van der Waals surface area contributed by atoms with E-state index in [4.69, 9.17) is 19.7 Å². The van der Waals surface area contributed by atoms with Crippen molar-refractivity contribution in [3.05, 3.63) is 101 Å². The van der Waals surface area contributed by atoms with Gasteiger partial charge in [0, 0.05) is 17.7 Å². The number of amides is 1. The number of hydrogen-bond acceptors (Lipinski definition) is 5. The van der Waals surface area contributed by atoms with Crippen LogP contribution in [0.1, 0.15) is 57.5 Å². The number of anilines is 1. The zero-order valence-electron chi connectivity index (χ0n) is 21.2. The third-order valence-electron chi connectivity index (χ3n) is 5.83. The number of aryl methyl sites for hydroxylation is 2. The SMILES string of the molecule is COc1ccc(CCCCC=COc2ccc(NC(=O)c3cccc(C(=O)O)c3)cc2CCC(=O)O)cc1. The summed E-state index contributed by atoms with van der Waals surface area (Å²) in [5.74, 6) is -1.18. The monoisotopic (exact) mass is 517 g/mol. The molecule has 0 atom stereocenters. The minimum atomic E-state index is -1.12. The summed E-state index contributed by atoms with van der Waals surface area (Å²) in [6, 6.07) is 18.8. The number of carboxylic acid groups (broad SMARTS) is 2. The summed E-state index contributed by atoms with van der Waals surface area (Å²) < 4.78 is 11.0. The fourth-order valence-corrected chi connectivity index (χ4v) is 3.78. The molecule has 0 aliphatic heterocycles. The van der Waals surface area contributed by atoms with E-state index in [0.717, 1.165) is 31.4 Å². The van der Waals surface area contributed by atoms with E-state index in [0.29, 0.717) is 17.0 Å². The van der Waals surface area contributed by atoms with Gasteiger partial charge in [-0.25, -0.2) is 4.79 Å². The van der Waals surface area contributed by atoms with Gasteiger partial charge in [0.1, 0.15) is 11.5 Å². The van der Waals surface area contributed by atoms with Crippen LogP contribution in [-0.4, -0.2) is 35.2 Å². The predicted molar refractivity (Wildman–Crippen MR) is 144 cm³/mol. The van der Waals surface area contributed by atoms with Crippen LogP contribution in [0.2, 0.25) is 0 Å². The van der Waals surface area contributed by atoms with Gasteiger partial charge in [-0.15, -0.1) is 0 Å². The Bertz CT molecular complexity index is 1280. The number of unbranched alkanes of at least 4 members (excludes halogenated alkanes) is 2. The number of ether oxygens (including phenoxy) is 2. The van der Waals surface area contributed by atoms with Crippen molar-refractivity contribution >= 4 is 23.5 Å². The number of carbonyl (C=O) groups excluding carboxylic acids is 1. The number of methoxy groups -OCH3 is 1. The lowest BCUT2D eigenvalue weighted by molar-refractivity contribution is -0.136. The highest BCUT2D eigenvalue weighted by Gasteiger charge is 2.12. The van der Waals surface area contributed by atoms with E-state index < -0.39 is 17.8 Å². The summed E-state index contributed by atoms with van der Waals surface area (Å²) in [4.78, 5) is 34.9. The molecule has 3 aromatic rings. The van der Waals surface area contributed by atoms with Gasteiger partial charge in [-0.1, -0.05) is 18.2 Å². The van der Waals surface area contributed by atoms with E-state index in [1.807, 2.05) is 18.2 Å². The number of carboxylic acids is 2. The zero-order chi connectivity index (χ0) is 27.3. The van der Waals surface area contributed by atoms with Crippen LogP contribution in [0.25, 0.3) is 0 Å². The molecule has 3 N–H and O–H groups in total. The number of aliphatic carboxylic acids is 1. The fraction of sp³-hybridized carbons (Fsp3) is 0.233. The first-order valence-electron chi connectivity index (χ1n) is 12.3. The molecule has 0 unspecified atom stereocenters. The molecule has 0 radical (unpaired) electrons. The molecule has 0 aromatic heterocycles. The Hall–Kier alpha value is -4.59. The number of rotatable bonds is 14. The van der Waals surface area contributed by atoms with Crippen molar-refractivity contribution in [3.8, 4) is 11.5 Å². The molecule has 0 aliphatic rings. The second kappa shape index (κ2) is 14.2. The van der Waals surface area contributed by atoms with E-state index in [9.17, 15) is 14.4 Å². The Morgan fingerprint density at radius 1 is 0.895 bits per heavy atom. The third kappa shape index (κ3) is 8.81. The lowest BCUT2D eigenvalue weighted by Crippen LogP contribution is -2.13. The number of nitrogens with one attached hydrogen (secondary N) is 1. The molecule has 8 heteroatoms. The maximum Gasteiger partial charge on any atom is 0.335 e. The molecule has 0 bridgehead atoms. The maximum atomic E-state index is 12.6. The van der Waals surface area contributed by atoms with E-state index in [1.54, 1.807) is 31.6 Å². The van der Waals surface area contributed by atoms with Gasteiger partial charge in [0.2, 0.25) is 0 Å². The number of aromatic carboxylic acids is 1. The predicted octanol–water partition coefficient (Wildman–Crippen LogP) is 5.97. The Kier molecular flexibility index (Phi) is 10.5. The molecule has 0 saturated heterocycles. The van der Waals surface area contributed by atoms with Crippen molar-refractivity contribution in [1.82, 2.24) is 0 Å². The quantitative estimate of drug-likeness (QED) is 0.178. The molecule has 0 heterocycles. The van der Waals surface area contributed by atoms with Crippen LogP contribution >= 0.6 is 0 Å². The third-order valence-corrected chi connectivity index (χ3v) is 5.83. The van der Waals surface area contributed by atoms with Gasteiger partial charge in [0.25, 0.3) is 5.91 Å². The van der Waals surface area contributed by atoms with Gasteiger partial charge >= 0.3 is 11.9 Å². The number of benzene rings is 3. The largest absolute Gasteiger partial charge is 0.497 e. The Morgan fingerprint density at radius 3 is 2.37 bits per heavy atom. The van der Waals surface area contributed by atoms with Crippen molar-refractivity contribution in [1.29, 1.82) is 0 Å². The average molecular weight is 518 g/mol. The second-order valence-electron chi connectivity index (χ2n) is 8.64. The standard InChI is InChI=1S/C30H31NO7/c1-37-26-14-10-21(11-15-26)7-4-2-3-5-18-38-27-16-13-25(20-22(27)12-17-28(32)33)31-29(34)23-8-6-9-24(19-23)30(35)36/h5-6,8-11,13-16,18-20H,2-4,7,12,17H2,1H3,(H,31,34)(H,32,33)(H,35,36). The first-order chi connectivity index (χ1) is 18.4. The lowest BCUT2D eigenvalue weighted by atomic mass is 10.1. The van der Waals surface area contributed by atoms with Crippen molar-refractivity contribution in [2.45, 2.75) is 38.5 Å². The van der Waals surface area contributed by atoms with Crippen LogP contribution in [0, 0.1) is 0 Å². The van der Waals surface area contributed by atoms with Crippen LogP contribution < -0.4 is 14.8 Å². The molecule has 3 rings (SSSR count). The highest BCUT2D eigenvalue weighted by molar-refractivity contribution is 6.05. The molecule has 1 amide bonds. The van der Waals surface area contributed by atoms with Gasteiger partial charge in [-0.3, -0.25) is 9.59 Å². The summed E-state index contributed by atoms with van der Waals surface area (Å²) in [6.07, 6.45) is 7.50. The summed E-state index contributed by atoms with van der Waals surface area (Å²) in [6.45, 7) is 0. The minimum absolute atomic E-state index is 0.0102. The molecular formula is C30H31NO7. The van der Waals surface area contributed by atoms with E-state index in [2.05, 4.69) is 17.4 Å². The Morgan fingerprint density at radius 2 is 1.66 bits per heavy atom. The molecule has 0 saturated carbocycles. The lowest BCUT2D eigenvalue weighted by Gasteiger charge is -2.12. The fourth-order valence-electron chi connectivity index (χ4n) is 3.78. The van der Waals surface area contributed by atoms with Crippen LogP contribution in [-0.2, 0) is 17.6 Å². The molecule has 0 aliphatic carbocycles. The number of carbonyl (C=O) groups is 3. The summed E-state index contributed by atoms with van der Waals surface area (Å²) in [5.41, 5.74) is 2.55. The molecule has 198 valence electrons. The van der Waals surface area contributed by atoms with E-state index >= 15 is 0 Å². The van der Waals surface area contributed by atoms with Crippen molar-refractivity contribution in [2.75, 3.05) is 12.4 Å². The zero-order valence-corrected chi connectivity index (χ0v) is 21.2. The second-order valence-corrected chi connectivity index (χ2v) is 8.64. The van der Waals surface area contributed by atoms with E-state index in [1.165, 1.54) is 29.8 Å². The molecular weight excluding hydrogens is 486 g/mol. The first-order valence-corrected chi connectivity index (χ1v) is 12.3. The number of hydrogen-bond donors (Lipinski definition) is 3. The topological polar surface area (TPSA) is 122 Å². The van der Waals surface area contributed by atoms with Crippen molar-refractivity contribution in [3.63, 3.8) is 0 Å². The summed E-state index contributed by atoms with van der Waals surface area (Å²) in [5, 5.41) is 21.0. The molecule has 3 aromatic carbocycles. The van der Waals surface area contributed by atoms with Gasteiger partial charge < -0.3 is 25.0 Å². The molecule has 0 spiro atoms. The van der Waals surface area contributed by atoms with Crippen LogP contribution in [0.15, 0.2) is 79.1 Å². The van der Waals surface area contributed by atoms with Crippen LogP contribution in [0.3, 0.4) is 0 Å². The molecule has 8 nitrogen and oxygen atoms in total. The van der Waals surface area contributed by atoms with E-state index in [-0.39, 0.29) is 24.0 Å². The number of allylic oxidation sites excluding steroid dienone is 1. The highest BCUT2D eigenvalue weighted by Crippen LogP contribution is 2.25.